The summed E-state index contributed by atoms with van der Waals surface area (Å²) < 4.78 is 15.1. The lowest BCUT2D eigenvalue weighted by Crippen LogP contribution is -1.96. The van der Waals surface area contributed by atoms with E-state index in [0.29, 0.717) is 0 Å². The fraction of sp³-hybridized carbons (Fsp3) is 0.133. The van der Waals surface area contributed by atoms with Crippen molar-refractivity contribution in [2.24, 2.45) is 0 Å². The Morgan fingerprint density at radius 2 is 1.78 bits per heavy atom. The number of hydrogen-bond acceptors (Lipinski definition) is 1. The lowest BCUT2D eigenvalue weighted by molar-refractivity contribution is 0.627. The third-order valence-electron chi connectivity index (χ3n) is 3.41. The number of pyridine rings is 1. The quantitative estimate of drug-likeness (QED) is 0.633. The summed E-state index contributed by atoms with van der Waals surface area (Å²) >= 11 is 0. The Balaban J connectivity index is 2.35. The summed E-state index contributed by atoms with van der Waals surface area (Å²) in [5.74, 6) is -0.220. The minimum atomic E-state index is -0.220. The highest BCUT2D eigenvalue weighted by Gasteiger charge is 2.11. The van der Waals surface area contributed by atoms with Crippen LogP contribution in [0.1, 0.15) is 11.3 Å². The number of hydrogen-bond donors (Lipinski definition) is 0. The van der Waals surface area contributed by atoms with Crippen LogP contribution in [0.25, 0.3) is 16.6 Å². The highest BCUT2D eigenvalue weighted by Crippen LogP contribution is 2.27. The second-order valence-electron chi connectivity index (χ2n) is 4.42. The molecule has 2 aromatic heterocycles. The summed E-state index contributed by atoms with van der Waals surface area (Å²) in [4.78, 5) is 4.18. The highest BCUT2D eigenvalue weighted by molar-refractivity contribution is 5.86. The summed E-state index contributed by atoms with van der Waals surface area (Å²) in [7, 11) is 0. The van der Waals surface area contributed by atoms with E-state index in [9.17, 15) is 4.39 Å². The number of aryl methyl sites for hydroxylation is 1. The van der Waals surface area contributed by atoms with Gasteiger partial charge in [-0.1, -0.05) is 0 Å². The van der Waals surface area contributed by atoms with Crippen molar-refractivity contribution in [1.29, 1.82) is 0 Å². The van der Waals surface area contributed by atoms with Crippen LogP contribution in [0.3, 0.4) is 0 Å². The van der Waals surface area contributed by atoms with Crippen molar-refractivity contribution < 1.29 is 4.39 Å². The molecule has 0 saturated carbocycles. The van der Waals surface area contributed by atoms with E-state index in [1.807, 2.05) is 12.3 Å². The summed E-state index contributed by atoms with van der Waals surface area (Å²) in [5, 5.41) is 1.19. The van der Waals surface area contributed by atoms with Gasteiger partial charge < -0.3 is 4.57 Å². The van der Waals surface area contributed by atoms with Crippen LogP contribution in [0.4, 0.5) is 4.39 Å². The van der Waals surface area contributed by atoms with Crippen LogP contribution in [0.15, 0.2) is 42.7 Å². The maximum atomic E-state index is 13.0. The first-order valence-corrected chi connectivity index (χ1v) is 5.86. The van der Waals surface area contributed by atoms with Crippen LogP contribution < -0.4 is 0 Å². The smallest absolute Gasteiger partial charge is 0.123 e. The second-order valence-corrected chi connectivity index (χ2v) is 4.42. The van der Waals surface area contributed by atoms with E-state index in [1.54, 1.807) is 18.3 Å². The van der Waals surface area contributed by atoms with Gasteiger partial charge in [0.2, 0.25) is 0 Å². The first-order valence-electron chi connectivity index (χ1n) is 5.86. The summed E-state index contributed by atoms with van der Waals surface area (Å²) in [5.41, 5.74) is 4.40. The van der Waals surface area contributed by atoms with Crippen molar-refractivity contribution in [1.82, 2.24) is 9.55 Å². The molecule has 0 atom stereocenters. The first kappa shape index (κ1) is 11.0. The van der Waals surface area contributed by atoms with Gasteiger partial charge in [0.05, 0.1) is 11.7 Å². The third-order valence-corrected chi connectivity index (χ3v) is 3.41. The third kappa shape index (κ3) is 1.51. The van der Waals surface area contributed by atoms with Gasteiger partial charge in [0.1, 0.15) is 5.82 Å². The van der Waals surface area contributed by atoms with Crippen LogP contribution >= 0.6 is 0 Å². The molecular formula is C15H13FN2. The SMILES string of the molecule is Cc1c(C)n(-c2ccc(F)cc2)c2cnccc12. The van der Waals surface area contributed by atoms with Crippen LogP contribution in [0, 0.1) is 19.7 Å². The van der Waals surface area contributed by atoms with Gasteiger partial charge in [0, 0.05) is 23.0 Å². The Kier molecular flexibility index (Phi) is 2.40. The molecule has 18 heavy (non-hydrogen) atoms. The van der Waals surface area contributed by atoms with Gasteiger partial charge in [0.15, 0.2) is 0 Å². The fourth-order valence-electron chi connectivity index (χ4n) is 2.35. The zero-order valence-corrected chi connectivity index (χ0v) is 10.3. The molecule has 0 spiro atoms. The van der Waals surface area contributed by atoms with Gasteiger partial charge in [-0.25, -0.2) is 4.39 Å². The molecule has 0 aliphatic carbocycles. The molecule has 0 fully saturated rings. The standard InChI is InChI=1S/C15H13FN2/c1-10-11(2)18(13-5-3-12(16)4-6-13)15-9-17-8-7-14(10)15/h3-9H,1-2H3. The number of benzene rings is 1. The van der Waals surface area contributed by atoms with Crippen LogP contribution in [0.2, 0.25) is 0 Å². The Labute approximate surface area is 105 Å². The van der Waals surface area contributed by atoms with Gasteiger partial charge in [-0.15, -0.1) is 0 Å². The average molecular weight is 240 g/mol. The van der Waals surface area contributed by atoms with E-state index in [-0.39, 0.29) is 5.82 Å². The second kappa shape index (κ2) is 3.95. The first-order chi connectivity index (χ1) is 8.68. The molecule has 0 bridgehead atoms. The lowest BCUT2D eigenvalue weighted by Gasteiger charge is -2.08. The predicted octanol–water partition coefficient (Wildman–Crippen LogP) is 3.78. The molecule has 90 valence electrons. The van der Waals surface area contributed by atoms with Crippen molar-refractivity contribution in [2.45, 2.75) is 13.8 Å². The molecule has 0 radical (unpaired) electrons. The maximum Gasteiger partial charge on any atom is 0.123 e. The molecule has 2 heterocycles. The van der Waals surface area contributed by atoms with E-state index >= 15 is 0 Å². The van der Waals surface area contributed by atoms with Crippen LogP contribution in [-0.4, -0.2) is 9.55 Å². The zero-order chi connectivity index (χ0) is 12.7. The Morgan fingerprint density at radius 3 is 2.50 bits per heavy atom. The van der Waals surface area contributed by atoms with E-state index in [2.05, 4.69) is 23.4 Å². The van der Waals surface area contributed by atoms with Crippen molar-refractivity contribution in [3.05, 3.63) is 59.8 Å². The predicted molar refractivity (Wildman–Crippen MR) is 70.5 cm³/mol. The molecule has 2 nitrogen and oxygen atoms in total. The summed E-state index contributed by atoms with van der Waals surface area (Å²) in [6.45, 7) is 4.16. The highest BCUT2D eigenvalue weighted by atomic mass is 19.1. The van der Waals surface area contributed by atoms with E-state index in [1.165, 1.54) is 23.1 Å². The number of aromatic nitrogens is 2. The molecule has 0 aliphatic rings. The number of rotatable bonds is 1. The molecule has 0 aliphatic heterocycles. The molecule has 0 saturated heterocycles. The van der Waals surface area contributed by atoms with Gasteiger partial charge in [0.25, 0.3) is 0 Å². The van der Waals surface area contributed by atoms with E-state index in [0.717, 1.165) is 16.9 Å². The molecule has 0 amide bonds. The van der Waals surface area contributed by atoms with Crippen molar-refractivity contribution in [2.75, 3.05) is 0 Å². The van der Waals surface area contributed by atoms with Gasteiger partial charge in [-0.05, 0) is 49.7 Å². The molecule has 3 rings (SSSR count). The largest absolute Gasteiger partial charge is 0.312 e. The fourth-order valence-corrected chi connectivity index (χ4v) is 2.35. The van der Waals surface area contributed by atoms with E-state index < -0.39 is 0 Å². The molecule has 1 aromatic carbocycles. The molecular weight excluding hydrogens is 227 g/mol. The van der Waals surface area contributed by atoms with Crippen molar-refractivity contribution >= 4 is 10.9 Å². The molecule has 0 unspecified atom stereocenters. The Morgan fingerprint density at radius 1 is 1.06 bits per heavy atom. The summed E-state index contributed by atoms with van der Waals surface area (Å²) in [6, 6.07) is 8.54. The zero-order valence-electron chi connectivity index (χ0n) is 10.3. The molecule has 0 N–H and O–H groups in total. The lowest BCUT2D eigenvalue weighted by atomic mass is 10.2. The maximum absolute atomic E-state index is 13.0. The van der Waals surface area contributed by atoms with Gasteiger partial charge in [-0.2, -0.15) is 0 Å². The van der Waals surface area contributed by atoms with Gasteiger partial charge in [-0.3, -0.25) is 4.98 Å². The number of fused-ring (bicyclic) bond motifs is 1. The Hall–Kier alpha value is -2.16. The number of halogens is 1. The topological polar surface area (TPSA) is 17.8 Å². The summed E-state index contributed by atoms with van der Waals surface area (Å²) in [6.07, 6.45) is 3.64. The van der Waals surface area contributed by atoms with Crippen LogP contribution in [0.5, 0.6) is 0 Å². The Bertz CT molecular complexity index is 711. The van der Waals surface area contributed by atoms with E-state index in [4.69, 9.17) is 0 Å². The van der Waals surface area contributed by atoms with Crippen LogP contribution in [-0.2, 0) is 0 Å². The van der Waals surface area contributed by atoms with Crippen molar-refractivity contribution in [3.63, 3.8) is 0 Å². The normalized spacial score (nSPS) is 11.1. The minimum Gasteiger partial charge on any atom is -0.312 e. The minimum absolute atomic E-state index is 0.220. The number of nitrogens with zero attached hydrogens (tertiary/aromatic N) is 2. The van der Waals surface area contributed by atoms with Gasteiger partial charge >= 0.3 is 0 Å². The molecule has 3 heteroatoms. The van der Waals surface area contributed by atoms with Crippen molar-refractivity contribution in [3.8, 4) is 5.69 Å². The molecule has 3 aromatic rings. The average Bonchev–Trinajstić information content (AvgIpc) is 2.64. The monoisotopic (exact) mass is 240 g/mol.